The molecule has 0 atom stereocenters. The van der Waals surface area contributed by atoms with Gasteiger partial charge in [-0.15, -0.1) is 0 Å². The first kappa shape index (κ1) is 14.3. The fraction of sp³-hybridized carbons (Fsp3) is 0. The number of halogens is 1. The summed E-state index contributed by atoms with van der Waals surface area (Å²) in [4.78, 5) is 22.1. The van der Waals surface area contributed by atoms with Crippen molar-refractivity contribution in [2.24, 2.45) is 5.73 Å². The highest BCUT2D eigenvalue weighted by Gasteiger charge is 2.19. The number of rotatable bonds is 4. The van der Waals surface area contributed by atoms with Gasteiger partial charge in [-0.3, -0.25) is 4.79 Å². The van der Waals surface area contributed by atoms with Gasteiger partial charge < -0.3 is 21.3 Å². The standard InChI is InChI=1S/C14H11FN2O4/c15-9-5-6-10(11(12(9)16)14(19)20)21-8-3-1-7(2-4-8)13(17)18/h1-6H,16H2,(H2,17,18)(H,19,20). The van der Waals surface area contributed by atoms with Crippen LogP contribution in [0.1, 0.15) is 20.7 Å². The highest BCUT2D eigenvalue weighted by atomic mass is 19.1. The Kier molecular flexibility index (Phi) is 3.75. The minimum atomic E-state index is -1.41. The van der Waals surface area contributed by atoms with Crippen LogP contribution in [-0.4, -0.2) is 17.0 Å². The number of hydrogen-bond donors (Lipinski definition) is 3. The quantitative estimate of drug-likeness (QED) is 0.745. The summed E-state index contributed by atoms with van der Waals surface area (Å²) < 4.78 is 18.7. The van der Waals surface area contributed by atoms with Gasteiger partial charge in [-0.2, -0.15) is 0 Å². The van der Waals surface area contributed by atoms with Crippen LogP contribution in [0, 0.1) is 5.82 Å². The number of hydrogen-bond acceptors (Lipinski definition) is 4. The van der Waals surface area contributed by atoms with Crippen molar-refractivity contribution in [3.63, 3.8) is 0 Å². The zero-order chi connectivity index (χ0) is 15.6. The lowest BCUT2D eigenvalue weighted by Crippen LogP contribution is -2.10. The molecule has 0 aliphatic carbocycles. The Morgan fingerprint density at radius 2 is 1.71 bits per heavy atom. The molecule has 0 heterocycles. The molecule has 0 aromatic heterocycles. The van der Waals surface area contributed by atoms with Crippen LogP contribution in [0.4, 0.5) is 10.1 Å². The third kappa shape index (κ3) is 2.92. The molecule has 0 saturated carbocycles. The summed E-state index contributed by atoms with van der Waals surface area (Å²) >= 11 is 0. The first-order valence-corrected chi connectivity index (χ1v) is 5.79. The lowest BCUT2D eigenvalue weighted by atomic mass is 10.1. The number of nitrogens with two attached hydrogens (primary N) is 2. The van der Waals surface area contributed by atoms with Crippen LogP contribution in [-0.2, 0) is 0 Å². The number of anilines is 1. The van der Waals surface area contributed by atoms with Crippen molar-refractivity contribution in [1.29, 1.82) is 0 Å². The molecule has 7 heteroatoms. The van der Waals surface area contributed by atoms with E-state index in [4.69, 9.17) is 21.3 Å². The van der Waals surface area contributed by atoms with Gasteiger partial charge >= 0.3 is 5.97 Å². The highest BCUT2D eigenvalue weighted by molar-refractivity contribution is 5.97. The third-order valence-corrected chi connectivity index (χ3v) is 2.73. The molecule has 0 aliphatic heterocycles. The van der Waals surface area contributed by atoms with Gasteiger partial charge in [-0.25, -0.2) is 9.18 Å². The van der Waals surface area contributed by atoms with Crippen molar-refractivity contribution in [3.8, 4) is 11.5 Å². The fourth-order valence-electron chi connectivity index (χ4n) is 1.69. The SMILES string of the molecule is NC(=O)c1ccc(Oc2ccc(F)c(N)c2C(=O)O)cc1. The minimum Gasteiger partial charge on any atom is -0.477 e. The second-order valence-corrected chi connectivity index (χ2v) is 4.13. The Morgan fingerprint density at radius 1 is 1.10 bits per heavy atom. The second kappa shape index (κ2) is 5.49. The summed E-state index contributed by atoms with van der Waals surface area (Å²) in [6.07, 6.45) is 0. The maximum absolute atomic E-state index is 13.3. The molecule has 108 valence electrons. The average molecular weight is 290 g/mol. The predicted molar refractivity (Wildman–Crippen MR) is 72.8 cm³/mol. The normalized spacial score (nSPS) is 10.1. The Balaban J connectivity index is 2.37. The maximum atomic E-state index is 13.3. The van der Waals surface area contributed by atoms with Crippen molar-refractivity contribution in [2.75, 3.05) is 5.73 Å². The van der Waals surface area contributed by atoms with Crippen molar-refractivity contribution >= 4 is 17.6 Å². The van der Waals surface area contributed by atoms with Gasteiger partial charge in [0.25, 0.3) is 0 Å². The maximum Gasteiger partial charge on any atom is 0.341 e. The number of primary amides is 1. The molecular weight excluding hydrogens is 279 g/mol. The van der Waals surface area contributed by atoms with E-state index in [9.17, 15) is 14.0 Å². The van der Waals surface area contributed by atoms with Crippen molar-refractivity contribution in [3.05, 3.63) is 53.3 Å². The van der Waals surface area contributed by atoms with Gasteiger partial charge in [-0.1, -0.05) is 0 Å². The van der Waals surface area contributed by atoms with Gasteiger partial charge in [0.2, 0.25) is 5.91 Å². The molecule has 0 spiro atoms. The van der Waals surface area contributed by atoms with E-state index in [2.05, 4.69) is 0 Å². The van der Waals surface area contributed by atoms with Crippen molar-refractivity contribution in [2.45, 2.75) is 0 Å². The molecule has 5 N–H and O–H groups in total. The molecule has 0 fully saturated rings. The van der Waals surface area contributed by atoms with Gasteiger partial charge in [0, 0.05) is 5.56 Å². The van der Waals surface area contributed by atoms with Gasteiger partial charge in [0.05, 0.1) is 5.69 Å². The molecule has 0 unspecified atom stereocenters. The van der Waals surface area contributed by atoms with E-state index in [1.807, 2.05) is 0 Å². The van der Waals surface area contributed by atoms with E-state index in [1.54, 1.807) is 0 Å². The Morgan fingerprint density at radius 3 is 2.24 bits per heavy atom. The van der Waals surface area contributed by atoms with Gasteiger partial charge in [-0.05, 0) is 36.4 Å². The number of carbonyl (C=O) groups excluding carboxylic acids is 1. The molecule has 0 aliphatic rings. The van der Waals surface area contributed by atoms with Crippen molar-refractivity contribution < 1.29 is 23.8 Å². The van der Waals surface area contributed by atoms with Crippen LogP contribution in [0.25, 0.3) is 0 Å². The molecular formula is C14H11FN2O4. The molecule has 0 bridgehead atoms. The largest absolute Gasteiger partial charge is 0.477 e. The van der Waals surface area contributed by atoms with Crippen molar-refractivity contribution in [1.82, 2.24) is 0 Å². The molecule has 1 amide bonds. The number of carboxylic acid groups (broad SMARTS) is 1. The van der Waals surface area contributed by atoms with Crippen LogP contribution in [0.3, 0.4) is 0 Å². The molecule has 0 radical (unpaired) electrons. The Labute approximate surface area is 118 Å². The fourth-order valence-corrected chi connectivity index (χ4v) is 1.69. The first-order valence-electron chi connectivity index (χ1n) is 5.79. The number of nitrogen functional groups attached to an aromatic ring is 1. The molecule has 2 aromatic rings. The van der Waals surface area contributed by atoms with Crippen LogP contribution in [0.5, 0.6) is 11.5 Å². The summed E-state index contributed by atoms with van der Waals surface area (Å²) in [6.45, 7) is 0. The molecule has 6 nitrogen and oxygen atoms in total. The van der Waals surface area contributed by atoms with Crippen LogP contribution in [0.2, 0.25) is 0 Å². The molecule has 21 heavy (non-hydrogen) atoms. The number of carboxylic acids is 1. The molecule has 2 aromatic carbocycles. The second-order valence-electron chi connectivity index (χ2n) is 4.13. The summed E-state index contributed by atoms with van der Waals surface area (Å²) in [6, 6.07) is 7.89. The lowest BCUT2D eigenvalue weighted by Gasteiger charge is -2.11. The van der Waals surface area contributed by atoms with E-state index in [1.165, 1.54) is 24.3 Å². The van der Waals surface area contributed by atoms with Crippen LogP contribution < -0.4 is 16.2 Å². The highest BCUT2D eigenvalue weighted by Crippen LogP contribution is 2.31. The predicted octanol–water partition coefficient (Wildman–Crippen LogP) is 2.00. The zero-order valence-corrected chi connectivity index (χ0v) is 10.7. The van der Waals surface area contributed by atoms with Gasteiger partial charge in [0.1, 0.15) is 22.9 Å². The summed E-state index contributed by atoms with van der Waals surface area (Å²) in [5, 5.41) is 9.08. The monoisotopic (exact) mass is 290 g/mol. The number of benzene rings is 2. The van der Waals surface area contributed by atoms with E-state index in [0.717, 1.165) is 12.1 Å². The number of aromatic carboxylic acids is 1. The van der Waals surface area contributed by atoms with E-state index >= 15 is 0 Å². The Bertz CT molecular complexity index is 714. The third-order valence-electron chi connectivity index (χ3n) is 2.73. The average Bonchev–Trinajstić information content (AvgIpc) is 2.43. The number of ether oxygens (including phenoxy) is 1. The molecule has 0 saturated heterocycles. The van der Waals surface area contributed by atoms with Crippen LogP contribution in [0.15, 0.2) is 36.4 Å². The molecule has 2 rings (SSSR count). The minimum absolute atomic E-state index is 0.103. The summed E-state index contributed by atoms with van der Waals surface area (Å²) in [5.41, 5.74) is 9.81. The Hall–Kier alpha value is -3.09. The number of carbonyl (C=O) groups is 2. The van der Waals surface area contributed by atoms with E-state index in [-0.39, 0.29) is 17.1 Å². The number of amides is 1. The summed E-state index contributed by atoms with van der Waals surface area (Å²) in [5.74, 6) is -2.69. The lowest BCUT2D eigenvalue weighted by molar-refractivity contribution is 0.0694. The van der Waals surface area contributed by atoms with E-state index in [0.29, 0.717) is 0 Å². The van der Waals surface area contributed by atoms with Gasteiger partial charge in [0.15, 0.2) is 0 Å². The first-order chi connectivity index (χ1) is 9.90. The smallest absolute Gasteiger partial charge is 0.341 e. The van der Waals surface area contributed by atoms with Crippen LogP contribution >= 0.6 is 0 Å². The topological polar surface area (TPSA) is 116 Å². The van der Waals surface area contributed by atoms with E-state index < -0.39 is 28.9 Å². The zero-order valence-electron chi connectivity index (χ0n) is 10.7. The summed E-state index contributed by atoms with van der Waals surface area (Å²) in [7, 11) is 0.